The van der Waals surface area contributed by atoms with Crippen LogP contribution in [0.4, 0.5) is 14.6 Å². The molecule has 0 aliphatic carbocycles. The fourth-order valence-electron chi connectivity index (χ4n) is 2.31. The Labute approximate surface area is 174 Å². The zero-order chi connectivity index (χ0) is 22.3. The highest BCUT2D eigenvalue weighted by atomic mass is 19.1. The predicted molar refractivity (Wildman–Crippen MR) is 114 cm³/mol. The molecule has 0 saturated heterocycles. The van der Waals surface area contributed by atoms with Crippen molar-refractivity contribution in [1.29, 1.82) is 0 Å². The highest BCUT2D eigenvalue weighted by molar-refractivity contribution is 6.44. The van der Waals surface area contributed by atoms with Gasteiger partial charge in [0.25, 0.3) is 0 Å². The summed E-state index contributed by atoms with van der Waals surface area (Å²) in [6, 6.07) is 6.13. The molecule has 30 heavy (non-hydrogen) atoms. The Morgan fingerprint density at radius 1 is 1.30 bits per heavy atom. The van der Waals surface area contributed by atoms with Gasteiger partial charge in [-0.2, -0.15) is 0 Å². The number of ketones is 1. The predicted octanol–water partition coefficient (Wildman–Crippen LogP) is 2.82. The molecule has 0 fully saturated rings. The molecule has 0 aliphatic rings. The molecule has 0 radical (unpaired) electrons. The maximum Gasteiger partial charge on any atom is 0.183 e. The van der Waals surface area contributed by atoms with Crippen LogP contribution in [0.1, 0.15) is 38.6 Å². The van der Waals surface area contributed by atoms with E-state index in [2.05, 4.69) is 20.3 Å². The zero-order valence-corrected chi connectivity index (χ0v) is 17.2. The first-order chi connectivity index (χ1) is 14.1. The fourth-order valence-corrected chi connectivity index (χ4v) is 2.31. The Morgan fingerprint density at radius 3 is 2.63 bits per heavy atom. The molecule has 0 amide bonds. The molecule has 7 nitrogen and oxygen atoms in total. The van der Waals surface area contributed by atoms with Crippen LogP contribution in [-0.2, 0) is 11.3 Å². The van der Waals surface area contributed by atoms with E-state index in [0.717, 1.165) is 6.20 Å². The minimum Gasteiger partial charge on any atom is -0.396 e. The summed E-state index contributed by atoms with van der Waals surface area (Å²) >= 11 is 0. The first-order valence-electron chi connectivity index (χ1n) is 9.44. The molecule has 1 heterocycles. The van der Waals surface area contributed by atoms with Crippen LogP contribution in [0.5, 0.6) is 0 Å². The summed E-state index contributed by atoms with van der Waals surface area (Å²) in [6.07, 6.45) is 2.95. The Hall–Kier alpha value is -3.20. The number of rotatable bonds is 9. The topological polar surface area (TPSA) is 119 Å². The lowest BCUT2D eigenvalue weighted by Gasteiger charge is -2.23. The van der Waals surface area contributed by atoms with E-state index in [4.69, 9.17) is 11.5 Å². The Morgan fingerprint density at radius 2 is 2.00 bits per heavy atom. The molecule has 1 atom stereocenters. The van der Waals surface area contributed by atoms with Gasteiger partial charge in [-0.1, -0.05) is 25.1 Å². The van der Waals surface area contributed by atoms with Gasteiger partial charge in [0, 0.05) is 24.6 Å². The second kappa shape index (κ2) is 10.0. The molecule has 1 unspecified atom stereocenters. The molecule has 1 aromatic heterocycles. The van der Waals surface area contributed by atoms with Crippen molar-refractivity contribution >= 4 is 23.0 Å². The summed E-state index contributed by atoms with van der Waals surface area (Å²) in [5.74, 6) is -1.46. The highest BCUT2D eigenvalue weighted by Crippen LogP contribution is 2.15. The highest BCUT2D eigenvalue weighted by Gasteiger charge is 2.17. The summed E-state index contributed by atoms with van der Waals surface area (Å²) < 4.78 is 27.8. The third-order valence-corrected chi connectivity index (χ3v) is 4.50. The van der Waals surface area contributed by atoms with Gasteiger partial charge in [0.05, 0.1) is 18.4 Å². The maximum atomic E-state index is 14.0. The van der Waals surface area contributed by atoms with Crippen molar-refractivity contribution in [1.82, 2.24) is 9.97 Å². The quantitative estimate of drug-likeness (QED) is 0.541. The van der Waals surface area contributed by atoms with Crippen molar-refractivity contribution in [3.05, 3.63) is 59.6 Å². The number of anilines is 1. The normalized spacial score (nSPS) is 14.3. The molecule has 0 bridgehead atoms. The van der Waals surface area contributed by atoms with Crippen LogP contribution < -0.4 is 16.8 Å². The van der Waals surface area contributed by atoms with Crippen molar-refractivity contribution in [3.8, 4) is 0 Å². The van der Waals surface area contributed by atoms with Crippen LogP contribution in [0, 0.1) is 11.6 Å². The lowest BCUT2D eigenvalue weighted by molar-refractivity contribution is -0.111. The lowest BCUT2D eigenvalue weighted by atomic mass is 10.0. The molecular formula is C21H26F2N6O. The van der Waals surface area contributed by atoms with Gasteiger partial charge in [0.2, 0.25) is 0 Å². The number of nitrogens with zero attached hydrogens (tertiary/aromatic N) is 3. The molecule has 1 aromatic carbocycles. The third-order valence-electron chi connectivity index (χ3n) is 4.50. The minimum atomic E-state index is -0.654. The number of aliphatic imine (C=N–C) groups is 1. The largest absolute Gasteiger partial charge is 0.396 e. The number of halogens is 2. The summed E-state index contributed by atoms with van der Waals surface area (Å²) in [5, 5.41) is 2.86. The van der Waals surface area contributed by atoms with Gasteiger partial charge in [0.15, 0.2) is 23.2 Å². The number of carbonyl (C=O) groups is 1. The summed E-state index contributed by atoms with van der Waals surface area (Å²) in [5.41, 5.74) is 11.9. The van der Waals surface area contributed by atoms with Gasteiger partial charge in [-0.25, -0.2) is 18.7 Å². The van der Waals surface area contributed by atoms with Crippen LogP contribution in [0.3, 0.4) is 0 Å². The van der Waals surface area contributed by atoms with Gasteiger partial charge in [0.1, 0.15) is 11.5 Å². The Kier molecular flexibility index (Phi) is 7.71. The van der Waals surface area contributed by atoms with Crippen molar-refractivity contribution in [3.63, 3.8) is 0 Å². The monoisotopic (exact) mass is 416 g/mol. The molecule has 0 spiro atoms. The van der Waals surface area contributed by atoms with Crippen LogP contribution >= 0.6 is 0 Å². The molecule has 0 aliphatic heterocycles. The lowest BCUT2D eigenvalue weighted by Crippen LogP contribution is -2.42. The van der Waals surface area contributed by atoms with Gasteiger partial charge >= 0.3 is 0 Å². The Balaban J connectivity index is 2.26. The van der Waals surface area contributed by atoms with Gasteiger partial charge < -0.3 is 16.8 Å². The number of nitrogens with two attached hydrogens (primary N) is 2. The first kappa shape index (κ1) is 23.1. The Bertz CT molecular complexity index is 972. The number of nitrogens with one attached hydrogen (secondary N) is 1. The van der Waals surface area contributed by atoms with Gasteiger partial charge in [-0.15, -0.1) is 0 Å². The number of aromatic nitrogens is 2. The average molecular weight is 416 g/mol. The first-order valence-corrected chi connectivity index (χ1v) is 9.44. The number of hydrogen-bond donors (Lipinski definition) is 3. The zero-order valence-electron chi connectivity index (χ0n) is 17.2. The molecule has 160 valence electrons. The SMILES string of the molecule is CCC(C)(N)CNc1nc(C(N)=CC(=NCc2ccccc2F)C(C)=O)ncc1F. The second-order valence-corrected chi connectivity index (χ2v) is 7.20. The fraction of sp³-hybridized carbons (Fsp3) is 0.333. The molecule has 2 rings (SSSR count). The standard InChI is InChI=1S/C21H26F2N6O/c1-4-21(3,25)12-28-19-16(23)11-27-20(29-19)17(24)9-18(13(2)30)26-10-14-7-5-6-8-15(14)22/h5-9,11H,4,10,12,24-25H2,1-3H3,(H,27,28,29). The molecule has 2 aromatic rings. The van der Waals surface area contributed by atoms with Crippen molar-refractivity contribution < 1.29 is 13.6 Å². The molecule has 0 saturated carbocycles. The van der Waals surface area contributed by atoms with E-state index < -0.39 is 17.2 Å². The third kappa shape index (κ3) is 6.41. The van der Waals surface area contributed by atoms with Crippen LogP contribution in [-0.4, -0.2) is 33.5 Å². The minimum absolute atomic E-state index is 0.0199. The van der Waals surface area contributed by atoms with E-state index in [1.165, 1.54) is 19.1 Å². The summed E-state index contributed by atoms with van der Waals surface area (Å²) in [4.78, 5) is 24.0. The number of benzene rings is 1. The second-order valence-electron chi connectivity index (χ2n) is 7.20. The van der Waals surface area contributed by atoms with E-state index >= 15 is 0 Å². The van der Waals surface area contributed by atoms with E-state index in [1.807, 2.05) is 13.8 Å². The smallest absolute Gasteiger partial charge is 0.183 e. The van der Waals surface area contributed by atoms with Gasteiger partial charge in [-0.05, 0) is 25.5 Å². The van der Waals surface area contributed by atoms with Crippen molar-refractivity contribution in [2.45, 2.75) is 39.3 Å². The van der Waals surface area contributed by atoms with Crippen LogP contribution in [0.15, 0.2) is 41.5 Å². The molecule has 5 N–H and O–H groups in total. The number of hydrogen-bond acceptors (Lipinski definition) is 7. The number of carbonyl (C=O) groups excluding carboxylic acids is 1. The number of Topliss-reactive ketones (excluding diaryl/α,β-unsaturated/α-hetero) is 1. The van der Waals surface area contributed by atoms with Crippen LogP contribution in [0.25, 0.3) is 5.70 Å². The molecular weight excluding hydrogens is 390 g/mol. The van der Waals surface area contributed by atoms with E-state index in [0.29, 0.717) is 18.5 Å². The van der Waals surface area contributed by atoms with Crippen molar-refractivity contribution in [2.24, 2.45) is 16.5 Å². The van der Waals surface area contributed by atoms with Crippen LogP contribution in [0.2, 0.25) is 0 Å². The summed E-state index contributed by atoms with van der Waals surface area (Å²) in [7, 11) is 0. The molecule has 9 heteroatoms. The van der Waals surface area contributed by atoms with E-state index in [-0.39, 0.29) is 35.4 Å². The average Bonchev–Trinajstić information content (AvgIpc) is 2.71. The maximum absolute atomic E-state index is 14.0. The van der Waals surface area contributed by atoms with E-state index in [1.54, 1.807) is 18.2 Å². The summed E-state index contributed by atoms with van der Waals surface area (Å²) in [6.45, 7) is 5.33. The van der Waals surface area contributed by atoms with E-state index in [9.17, 15) is 13.6 Å². The van der Waals surface area contributed by atoms with Crippen molar-refractivity contribution in [2.75, 3.05) is 11.9 Å². The van der Waals surface area contributed by atoms with Gasteiger partial charge in [-0.3, -0.25) is 9.79 Å². The number of allylic oxidation sites excluding steroid dienone is 1.